The first kappa shape index (κ1) is 14.5. The summed E-state index contributed by atoms with van der Waals surface area (Å²) in [6.07, 6.45) is 1.57. The van der Waals surface area contributed by atoms with E-state index in [1.165, 1.54) is 13.2 Å². The third-order valence-corrected chi connectivity index (χ3v) is 4.53. The van der Waals surface area contributed by atoms with E-state index in [0.717, 1.165) is 0 Å². The van der Waals surface area contributed by atoms with E-state index in [-0.39, 0.29) is 17.2 Å². The van der Waals surface area contributed by atoms with Crippen molar-refractivity contribution in [2.24, 2.45) is 5.73 Å². The SMILES string of the molecule is COc1cccc(S(=O)(=O)Cc2ccnc(CN)c2)c1. The van der Waals surface area contributed by atoms with Crippen molar-refractivity contribution < 1.29 is 13.2 Å². The first-order chi connectivity index (χ1) is 9.55. The molecule has 2 rings (SSSR count). The molecule has 2 N–H and O–H groups in total. The molecule has 0 aliphatic heterocycles. The van der Waals surface area contributed by atoms with Crippen molar-refractivity contribution in [2.45, 2.75) is 17.2 Å². The Balaban J connectivity index is 2.30. The molecule has 1 heterocycles. The first-order valence-corrected chi connectivity index (χ1v) is 7.71. The molecular weight excluding hydrogens is 276 g/mol. The van der Waals surface area contributed by atoms with Gasteiger partial charge in [0.15, 0.2) is 9.84 Å². The minimum Gasteiger partial charge on any atom is -0.497 e. The molecule has 1 aromatic heterocycles. The van der Waals surface area contributed by atoms with Crippen molar-refractivity contribution in [1.29, 1.82) is 0 Å². The van der Waals surface area contributed by atoms with E-state index in [4.69, 9.17) is 10.5 Å². The fourth-order valence-electron chi connectivity index (χ4n) is 1.83. The average Bonchev–Trinajstić information content (AvgIpc) is 2.47. The number of aromatic nitrogens is 1. The Hall–Kier alpha value is -1.92. The predicted octanol–water partition coefficient (Wildman–Crippen LogP) is 1.52. The molecule has 0 aliphatic carbocycles. The molecule has 6 heteroatoms. The van der Waals surface area contributed by atoms with Crippen LogP contribution in [0.1, 0.15) is 11.3 Å². The molecule has 0 fully saturated rings. The molecule has 0 amide bonds. The predicted molar refractivity (Wildman–Crippen MR) is 76.0 cm³/mol. The Labute approximate surface area is 118 Å². The second kappa shape index (κ2) is 6.02. The van der Waals surface area contributed by atoms with Gasteiger partial charge in [0.05, 0.1) is 23.5 Å². The number of nitrogens with zero attached hydrogens (tertiary/aromatic N) is 1. The highest BCUT2D eigenvalue weighted by Gasteiger charge is 2.16. The Morgan fingerprint density at radius 3 is 2.75 bits per heavy atom. The third-order valence-electron chi connectivity index (χ3n) is 2.85. The van der Waals surface area contributed by atoms with Crippen LogP contribution in [0.25, 0.3) is 0 Å². The molecule has 0 spiro atoms. The lowest BCUT2D eigenvalue weighted by molar-refractivity contribution is 0.413. The van der Waals surface area contributed by atoms with Gasteiger partial charge < -0.3 is 10.5 Å². The molecule has 0 radical (unpaired) electrons. The van der Waals surface area contributed by atoms with E-state index in [0.29, 0.717) is 17.0 Å². The molecule has 20 heavy (non-hydrogen) atoms. The van der Waals surface area contributed by atoms with Crippen LogP contribution in [0.2, 0.25) is 0 Å². The van der Waals surface area contributed by atoms with E-state index in [1.54, 1.807) is 36.5 Å². The number of sulfone groups is 1. The molecule has 106 valence electrons. The molecule has 2 aromatic rings. The van der Waals surface area contributed by atoms with Gasteiger partial charge in [0.25, 0.3) is 0 Å². The molecule has 1 aromatic carbocycles. The molecule has 0 aliphatic rings. The van der Waals surface area contributed by atoms with Gasteiger partial charge in [0.2, 0.25) is 0 Å². The lowest BCUT2D eigenvalue weighted by Gasteiger charge is -2.07. The zero-order valence-corrected chi connectivity index (χ0v) is 11.9. The van der Waals surface area contributed by atoms with Crippen LogP contribution >= 0.6 is 0 Å². The van der Waals surface area contributed by atoms with Crippen molar-refractivity contribution in [3.8, 4) is 5.75 Å². The summed E-state index contributed by atoms with van der Waals surface area (Å²) >= 11 is 0. The van der Waals surface area contributed by atoms with Crippen molar-refractivity contribution in [3.05, 3.63) is 53.9 Å². The van der Waals surface area contributed by atoms with E-state index in [1.807, 2.05) is 0 Å². The van der Waals surface area contributed by atoms with Crippen LogP contribution in [-0.2, 0) is 22.1 Å². The van der Waals surface area contributed by atoms with Crippen LogP contribution in [0.15, 0.2) is 47.5 Å². The highest BCUT2D eigenvalue weighted by Crippen LogP contribution is 2.21. The van der Waals surface area contributed by atoms with E-state index >= 15 is 0 Å². The summed E-state index contributed by atoms with van der Waals surface area (Å²) in [6, 6.07) is 9.82. The largest absolute Gasteiger partial charge is 0.497 e. The molecule has 0 saturated carbocycles. The van der Waals surface area contributed by atoms with Gasteiger partial charge in [0.1, 0.15) is 5.75 Å². The topological polar surface area (TPSA) is 82.3 Å². The van der Waals surface area contributed by atoms with Crippen LogP contribution in [0.4, 0.5) is 0 Å². The number of benzene rings is 1. The van der Waals surface area contributed by atoms with Gasteiger partial charge in [-0.25, -0.2) is 8.42 Å². The van der Waals surface area contributed by atoms with Gasteiger partial charge in [-0.15, -0.1) is 0 Å². The van der Waals surface area contributed by atoms with Crippen molar-refractivity contribution in [2.75, 3.05) is 7.11 Å². The number of pyridine rings is 1. The second-order valence-electron chi connectivity index (χ2n) is 4.30. The Morgan fingerprint density at radius 1 is 1.25 bits per heavy atom. The minimum absolute atomic E-state index is 0.0876. The standard InChI is InChI=1S/C14H16N2O3S/c1-19-13-3-2-4-14(8-13)20(17,18)10-11-5-6-16-12(7-11)9-15/h2-8H,9-10,15H2,1H3. The van der Waals surface area contributed by atoms with Gasteiger partial charge in [-0.2, -0.15) is 0 Å². The van der Waals surface area contributed by atoms with Crippen LogP contribution in [0.5, 0.6) is 5.75 Å². The minimum atomic E-state index is -3.42. The Bertz CT molecular complexity index is 699. The molecule has 5 nitrogen and oxygen atoms in total. The zero-order valence-electron chi connectivity index (χ0n) is 11.1. The number of rotatable bonds is 5. The zero-order chi connectivity index (χ0) is 14.6. The highest BCUT2D eigenvalue weighted by atomic mass is 32.2. The van der Waals surface area contributed by atoms with E-state index < -0.39 is 9.84 Å². The van der Waals surface area contributed by atoms with Crippen LogP contribution in [0, 0.1) is 0 Å². The lowest BCUT2D eigenvalue weighted by Crippen LogP contribution is -2.07. The van der Waals surface area contributed by atoms with E-state index in [9.17, 15) is 8.42 Å². The van der Waals surface area contributed by atoms with E-state index in [2.05, 4.69) is 4.98 Å². The summed E-state index contributed by atoms with van der Waals surface area (Å²) in [4.78, 5) is 4.29. The number of ether oxygens (including phenoxy) is 1. The van der Waals surface area contributed by atoms with Crippen LogP contribution < -0.4 is 10.5 Å². The number of hydrogen-bond acceptors (Lipinski definition) is 5. The summed E-state index contributed by atoms with van der Waals surface area (Å²) in [5.74, 6) is 0.429. The molecule has 0 saturated heterocycles. The van der Waals surface area contributed by atoms with Crippen molar-refractivity contribution in [1.82, 2.24) is 4.98 Å². The fourth-order valence-corrected chi connectivity index (χ4v) is 3.19. The lowest BCUT2D eigenvalue weighted by atomic mass is 10.2. The highest BCUT2D eigenvalue weighted by molar-refractivity contribution is 7.90. The van der Waals surface area contributed by atoms with Crippen molar-refractivity contribution >= 4 is 9.84 Å². The molecule has 0 atom stereocenters. The monoisotopic (exact) mass is 292 g/mol. The average molecular weight is 292 g/mol. The maximum Gasteiger partial charge on any atom is 0.182 e. The third kappa shape index (κ3) is 3.34. The van der Waals surface area contributed by atoms with Gasteiger partial charge in [-0.3, -0.25) is 4.98 Å². The summed E-state index contributed by atoms with van der Waals surface area (Å²) in [5.41, 5.74) is 6.84. The summed E-state index contributed by atoms with van der Waals surface area (Å²) in [7, 11) is -1.92. The normalized spacial score (nSPS) is 11.3. The molecular formula is C14H16N2O3S. The van der Waals surface area contributed by atoms with Gasteiger partial charge in [-0.05, 0) is 35.9 Å². The van der Waals surface area contributed by atoms with Gasteiger partial charge in [0, 0.05) is 12.7 Å². The fraction of sp³-hybridized carbons (Fsp3) is 0.214. The summed E-state index contributed by atoms with van der Waals surface area (Å²) in [6.45, 7) is 0.285. The summed E-state index contributed by atoms with van der Waals surface area (Å²) in [5, 5.41) is 0. The maximum absolute atomic E-state index is 12.4. The van der Waals surface area contributed by atoms with Gasteiger partial charge in [-0.1, -0.05) is 6.07 Å². The second-order valence-corrected chi connectivity index (χ2v) is 6.29. The number of methoxy groups -OCH3 is 1. The number of nitrogens with two attached hydrogens (primary N) is 1. The van der Waals surface area contributed by atoms with Crippen molar-refractivity contribution in [3.63, 3.8) is 0 Å². The van der Waals surface area contributed by atoms with Gasteiger partial charge >= 0.3 is 0 Å². The Morgan fingerprint density at radius 2 is 2.05 bits per heavy atom. The summed E-state index contributed by atoms with van der Waals surface area (Å²) < 4.78 is 29.8. The molecule has 0 unspecified atom stereocenters. The Kier molecular flexibility index (Phi) is 4.36. The smallest absolute Gasteiger partial charge is 0.182 e. The first-order valence-electron chi connectivity index (χ1n) is 6.06. The van der Waals surface area contributed by atoms with Crippen LogP contribution in [0.3, 0.4) is 0 Å². The molecule has 0 bridgehead atoms. The van der Waals surface area contributed by atoms with Crippen LogP contribution in [-0.4, -0.2) is 20.5 Å². The number of hydrogen-bond donors (Lipinski definition) is 1. The maximum atomic E-state index is 12.4. The quantitative estimate of drug-likeness (QED) is 0.903.